The molecule has 0 aliphatic rings. The van der Waals surface area contributed by atoms with Crippen molar-refractivity contribution in [2.75, 3.05) is 12.3 Å². The highest BCUT2D eigenvalue weighted by atomic mass is 16.5. The molecular formula is C13H15N5O2. The fourth-order valence-electron chi connectivity index (χ4n) is 1.60. The number of rotatable bonds is 4. The first-order chi connectivity index (χ1) is 9.61. The van der Waals surface area contributed by atoms with Gasteiger partial charge in [0.1, 0.15) is 5.82 Å². The summed E-state index contributed by atoms with van der Waals surface area (Å²) < 4.78 is 6.37. The molecule has 2 aromatic heterocycles. The highest BCUT2D eigenvalue weighted by Gasteiger charge is 2.08. The molecule has 2 rings (SSSR count). The van der Waals surface area contributed by atoms with Crippen molar-refractivity contribution >= 4 is 17.9 Å². The molecule has 2 heterocycles. The summed E-state index contributed by atoms with van der Waals surface area (Å²) in [5.41, 5.74) is 7.20. The molecule has 0 radical (unpaired) electrons. The number of nitrogen functional groups attached to an aromatic ring is 1. The molecule has 20 heavy (non-hydrogen) atoms. The molecular weight excluding hydrogens is 258 g/mol. The molecule has 0 saturated carbocycles. The first-order valence-corrected chi connectivity index (χ1v) is 6.10. The molecule has 0 aromatic carbocycles. The quantitative estimate of drug-likeness (QED) is 0.662. The molecule has 0 fully saturated rings. The van der Waals surface area contributed by atoms with E-state index in [0.717, 1.165) is 11.3 Å². The van der Waals surface area contributed by atoms with Gasteiger partial charge in [-0.05, 0) is 26.0 Å². The minimum absolute atomic E-state index is 0.346. The molecule has 0 amide bonds. The zero-order valence-electron chi connectivity index (χ0n) is 11.3. The van der Waals surface area contributed by atoms with Gasteiger partial charge >= 0.3 is 5.97 Å². The fraction of sp³-hybridized carbons (Fsp3) is 0.231. The number of hydrogen-bond donors (Lipinski definition) is 1. The summed E-state index contributed by atoms with van der Waals surface area (Å²) in [5, 5.41) is 4.18. The average Bonchev–Trinajstić information content (AvgIpc) is 2.78. The zero-order valence-corrected chi connectivity index (χ0v) is 11.3. The normalized spacial score (nSPS) is 10.9. The topological polar surface area (TPSA) is 95.9 Å². The van der Waals surface area contributed by atoms with Crippen molar-refractivity contribution in [1.29, 1.82) is 0 Å². The van der Waals surface area contributed by atoms with Gasteiger partial charge in [0.05, 0.1) is 18.5 Å². The second-order valence-electron chi connectivity index (χ2n) is 3.96. The van der Waals surface area contributed by atoms with Crippen LogP contribution in [0.4, 0.5) is 5.82 Å². The van der Waals surface area contributed by atoms with Gasteiger partial charge in [0.2, 0.25) is 0 Å². The van der Waals surface area contributed by atoms with Crippen LogP contribution in [0.3, 0.4) is 0 Å². The number of aromatic nitrogens is 4. The maximum atomic E-state index is 11.3. The van der Waals surface area contributed by atoms with Gasteiger partial charge in [-0.2, -0.15) is 10.1 Å². The Morgan fingerprint density at radius 3 is 3.05 bits per heavy atom. The second kappa shape index (κ2) is 5.96. The summed E-state index contributed by atoms with van der Waals surface area (Å²) in [5.74, 6) is 0.367. The van der Waals surface area contributed by atoms with E-state index < -0.39 is 0 Å². The molecule has 104 valence electrons. The van der Waals surface area contributed by atoms with Crippen molar-refractivity contribution in [2.45, 2.75) is 13.8 Å². The van der Waals surface area contributed by atoms with Crippen LogP contribution in [-0.4, -0.2) is 32.3 Å². The standard InChI is InChI=1S/C13H15N5O2/c1-3-20-12(19)5-4-10-8-16-18(9(10)2)13-15-7-6-11(14)17-13/h4-8H,3H2,1-2H3,(H2,14,15,17)/b5-4+. The van der Waals surface area contributed by atoms with Crippen LogP contribution < -0.4 is 5.73 Å². The van der Waals surface area contributed by atoms with E-state index in [2.05, 4.69) is 15.1 Å². The number of ether oxygens (including phenoxy) is 1. The molecule has 0 unspecified atom stereocenters. The summed E-state index contributed by atoms with van der Waals surface area (Å²) in [6.45, 7) is 3.95. The molecule has 0 aliphatic heterocycles. The van der Waals surface area contributed by atoms with Gasteiger partial charge in [0.25, 0.3) is 5.95 Å². The highest BCUT2D eigenvalue weighted by Crippen LogP contribution is 2.13. The van der Waals surface area contributed by atoms with Gasteiger partial charge in [-0.15, -0.1) is 0 Å². The lowest BCUT2D eigenvalue weighted by atomic mass is 10.2. The lowest BCUT2D eigenvalue weighted by Crippen LogP contribution is -2.06. The van der Waals surface area contributed by atoms with E-state index in [1.165, 1.54) is 6.08 Å². The lowest BCUT2D eigenvalue weighted by Gasteiger charge is -2.02. The Balaban J connectivity index is 2.25. The number of anilines is 1. The molecule has 0 saturated heterocycles. The molecule has 2 aromatic rings. The van der Waals surface area contributed by atoms with Crippen LogP contribution in [0, 0.1) is 6.92 Å². The third kappa shape index (κ3) is 3.00. The van der Waals surface area contributed by atoms with Gasteiger partial charge in [-0.25, -0.2) is 14.5 Å². The minimum atomic E-state index is -0.389. The van der Waals surface area contributed by atoms with E-state index in [1.807, 2.05) is 6.92 Å². The van der Waals surface area contributed by atoms with Gasteiger partial charge < -0.3 is 10.5 Å². The summed E-state index contributed by atoms with van der Waals surface area (Å²) >= 11 is 0. The maximum Gasteiger partial charge on any atom is 0.330 e. The van der Waals surface area contributed by atoms with Crippen LogP contribution >= 0.6 is 0 Å². The summed E-state index contributed by atoms with van der Waals surface area (Å²) in [7, 11) is 0. The van der Waals surface area contributed by atoms with E-state index in [-0.39, 0.29) is 5.97 Å². The Labute approximate surface area is 116 Å². The Morgan fingerprint density at radius 2 is 2.35 bits per heavy atom. The van der Waals surface area contributed by atoms with E-state index in [4.69, 9.17) is 10.5 Å². The third-order valence-corrected chi connectivity index (χ3v) is 2.59. The van der Waals surface area contributed by atoms with Crippen LogP contribution in [0.15, 0.2) is 24.5 Å². The fourth-order valence-corrected chi connectivity index (χ4v) is 1.60. The Morgan fingerprint density at radius 1 is 1.55 bits per heavy atom. The lowest BCUT2D eigenvalue weighted by molar-refractivity contribution is -0.137. The Kier molecular flexibility index (Phi) is 4.09. The van der Waals surface area contributed by atoms with Crippen LogP contribution in [0.5, 0.6) is 0 Å². The summed E-state index contributed by atoms with van der Waals surface area (Å²) in [6, 6.07) is 1.60. The number of carbonyl (C=O) groups excluding carboxylic acids is 1. The van der Waals surface area contributed by atoms with E-state index in [0.29, 0.717) is 18.4 Å². The molecule has 2 N–H and O–H groups in total. The Hall–Kier alpha value is -2.70. The summed E-state index contributed by atoms with van der Waals surface area (Å²) in [6.07, 6.45) is 6.19. The largest absolute Gasteiger partial charge is 0.463 e. The average molecular weight is 273 g/mol. The molecule has 0 spiro atoms. The molecule has 0 aliphatic carbocycles. The van der Waals surface area contributed by atoms with Crippen molar-refractivity contribution < 1.29 is 9.53 Å². The summed E-state index contributed by atoms with van der Waals surface area (Å²) in [4.78, 5) is 19.5. The first kappa shape index (κ1) is 13.7. The van der Waals surface area contributed by atoms with Crippen LogP contribution in [-0.2, 0) is 9.53 Å². The number of hydrogen-bond acceptors (Lipinski definition) is 6. The van der Waals surface area contributed by atoms with Crippen molar-refractivity contribution in [1.82, 2.24) is 19.7 Å². The zero-order chi connectivity index (χ0) is 14.5. The van der Waals surface area contributed by atoms with Crippen molar-refractivity contribution in [3.63, 3.8) is 0 Å². The second-order valence-corrected chi connectivity index (χ2v) is 3.96. The number of carbonyl (C=O) groups is 1. The van der Waals surface area contributed by atoms with E-state index in [9.17, 15) is 4.79 Å². The van der Waals surface area contributed by atoms with Crippen molar-refractivity contribution in [3.05, 3.63) is 35.8 Å². The Bertz CT molecular complexity index is 648. The third-order valence-electron chi connectivity index (χ3n) is 2.59. The van der Waals surface area contributed by atoms with Crippen molar-refractivity contribution in [3.8, 4) is 5.95 Å². The molecule has 0 bridgehead atoms. The van der Waals surface area contributed by atoms with Crippen LogP contribution in [0.25, 0.3) is 12.0 Å². The van der Waals surface area contributed by atoms with Gasteiger partial charge in [0.15, 0.2) is 0 Å². The van der Waals surface area contributed by atoms with E-state index >= 15 is 0 Å². The molecule has 7 heteroatoms. The maximum absolute atomic E-state index is 11.3. The van der Waals surface area contributed by atoms with Crippen LogP contribution in [0.2, 0.25) is 0 Å². The molecule has 7 nitrogen and oxygen atoms in total. The van der Waals surface area contributed by atoms with E-state index in [1.54, 1.807) is 36.1 Å². The predicted molar refractivity (Wildman–Crippen MR) is 74.0 cm³/mol. The molecule has 0 atom stereocenters. The van der Waals surface area contributed by atoms with Crippen molar-refractivity contribution in [2.24, 2.45) is 0 Å². The minimum Gasteiger partial charge on any atom is -0.463 e. The number of nitrogens with two attached hydrogens (primary N) is 1. The predicted octanol–water partition coefficient (Wildman–Crippen LogP) is 1.13. The van der Waals surface area contributed by atoms with Gasteiger partial charge in [-0.1, -0.05) is 0 Å². The highest BCUT2D eigenvalue weighted by molar-refractivity contribution is 5.87. The monoisotopic (exact) mass is 273 g/mol. The first-order valence-electron chi connectivity index (χ1n) is 6.10. The van der Waals surface area contributed by atoms with Crippen LogP contribution in [0.1, 0.15) is 18.2 Å². The number of esters is 1. The smallest absolute Gasteiger partial charge is 0.330 e. The number of nitrogens with zero attached hydrogens (tertiary/aromatic N) is 4. The van der Waals surface area contributed by atoms with Gasteiger partial charge in [0, 0.05) is 17.8 Å². The van der Waals surface area contributed by atoms with Gasteiger partial charge in [-0.3, -0.25) is 0 Å². The SMILES string of the molecule is CCOC(=O)/C=C/c1cnn(-c2nccc(N)n2)c1C.